The van der Waals surface area contributed by atoms with Crippen molar-refractivity contribution in [3.8, 4) is 0 Å². The summed E-state index contributed by atoms with van der Waals surface area (Å²) in [4.78, 5) is 3.38. The first-order chi connectivity index (χ1) is 13.2. The fourth-order valence-corrected chi connectivity index (χ4v) is 6.38. The number of benzene rings is 2. The van der Waals surface area contributed by atoms with E-state index in [0.29, 0.717) is 10.5 Å². The predicted octanol–water partition coefficient (Wildman–Crippen LogP) is 4.93. The van der Waals surface area contributed by atoms with E-state index in [1.807, 2.05) is 12.1 Å². The zero-order valence-electron chi connectivity index (χ0n) is 15.2. The number of fused-ring (bicyclic) bond motifs is 2. The Morgan fingerprint density at radius 2 is 2.04 bits per heavy atom. The van der Waals surface area contributed by atoms with Gasteiger partial charge in [-0.25, -0.2) is 0 Å². The van der Waals surface area contributed by atoms with Crippen LogP contribution in [-0.2, 0) is 16.0 Å². The summed E-state index contributed by atoms with van der Waals surface area (Å²) in [6.07, 6.45) is 1.98. The van der Waals surface area contributed by atoms with Crippen LogP contribution in [0.15, 0.2) is 46.3 Å². The standard InChI is InChI=1S/C19H17ClN2O3S3/c1-3-21-14-8-12(2)4-6-16(14)26-18(21)10-19-22(11-28(23,24)25)15-9-13(20)5-7-17(15)27-19/h4-10H,3,11H2,1-2H3/p+1. The van der Waals surface area contributed by atoms with Gasteiger partial charge in [0.1, 0.15) is 4.70 Å². The van der Waals surface area contributed by atoms with Gasteiger partial charge in [0.2, 0.25) is 5.52 Å². The lowest BCUT2D eigenvalue weighted by atomic mass is 10.2. The third-order valence-electron chi connectivity index (χ3n) is 4.43. The van der Waals surface area contributed by atoms with Crippen molar-refractivity contribution in [3.63, 3.8) is 0 Å². The third-order valence-corrected chi connectivity index (χ3v) is 7.48. The van der Waals surface area contributed by atoms with E-state index in [2.05, 4.69) is 36.9 Å². The monoisotopic (exact) mass is 453 g/mol. The SMILES string of the molecule is CCN1C(=Cc2sc3ccc(Cl)cc3[n+]2CS(=O)(=O)O)Sc2ccc(C)cc21. The summed E-state index contributed by atoms with van der Waals surface area (Å²) in [6.45, 7) is 4.95. The van der Waals surface area contributed by atoms with Crippen LogP contribution in [0.1, 0.15) is 17.5 Å². The van der Waals surface area contributed by atoms with Crippen LogP contribution in [0.2, 0.25) is 5.02 Å². The lowest BCUT2D eigenvalue weighted by Crippen LogP contribution is -2.39. The van der Waals surface area contributed by atoms with Crippen LogP contribution in [0.25, 0.3) is 16.3 Å². The number of hydrogen-bond acceptors (Lipinski definition) is 5. The number of thioether (sulfide) groups is 1. The molecule has 0 radical (unpaired) electrons. The molecule has 0 saturated carbocycles. The molecule has 146 valence electrons. The molecule has 5 nitrogen and oxygen atoms in total. The molecule has 2 heterocycles. The number of aromatic nitrogens is 1. The first kappa shape index (κ1) is 19.7. The van der Waals surface area contributed by atoms with Gasteiger partial charge >= 0.3 is 10.1 Å². The highest BCUT2D eigenvalue weighted by molar-refractivity contribution is 8.03. The Labute approximate surface area is 177 Å². The normalized spacial score (nSPS) is 15.6. The van der Waals surface area contributed by atoms with E-state index in [1.165, 1.54) is 21.8 Å². The quantitative estimate of drug-likeness (QED) is 0.448. The summed E-state index contributed by atoms with van der Waals surface area (Å²) < 4.78 is 35.2. The summed E-state index contributed by atoms with van der Waals surface area (Å²) in [5.41, 5.74) is 3.03. The van der Waals surface area contributed by atoms with Crippen LogP contribution in [0.5, 0.6) is 0 Å². The van der Waals surface area contributed by atoms with Gasteiger partial charge in [-0.15, -0.1) is 0 Å². The fraction of sp³-hybridized carbons (Fsp3) is 0.211. The maximum atomic E-state index is 11.6. The van der Waals surface area contributed by atoms with Crippen LogP contribution in [-0.4, -0.2) is 19.5 Å². The molecular formula is C19H18ClN2O3S3+. The van der Waals surface area contributed by atoms with Crippen molar-refractivity contribution in [2.75, 3.05) is 11.4 Å². The molecule has 4 rings (SSSR count). The Morgan fingerprint density at radius 1 is 1.25 bits per heavy atom. The lowest BCUT2D eigenvalue weighted by molar-refractivity contribution is -0.649. The number of anilines is 1. The summed E-state index contributed by atoms with van der Waals surface area (Å²) in [5, 5.41) is 2.27. The van der Waals surface area contributed by atoms with E-state index in [9.17, 15) is 13.0 Å². The van der Waals surface area contributed by atoms with E-state index in [1.54, 1.807) is 28.5 Å². The Morgan fingerprint density at radius 3 is 2.75 bits per heavy atom. The van der Waals surface area contributed by atoms with Crippen LogP contribution < -0.4 is 9.47 Å². The van der Waals surface area contributed by atoms with Crippen molar-refractivity contribution < 1.29 is 17.5 Å². The average Bonchev–Trinajstić information content (AvgIpc) is 3.11. The van der Waals surface area contributed by atoms with Gasteiger partial charge in [-0.3, -0.25) is 4.55 Å². The van der Waals surface area contributed by atoms with E-state index in [-0.39, 0.29) is 0 Å². The molecule has 0 spiro atoms. The molecule has 0 saturated heterocycles. The van der Waals surface area contributed by atoms with Crippen molar-refractivity contribution in [3.05, 3.63) is 57.0 Å². The predicted molar refractivity (Wildman–Crippen MR) is 117 cm³/mol. The third kappa shape index (κ3) is 3.79. The molecule has 1 N–H and O–H groups in total. The smallest absolute Gasteiger partial charge is 0.326 e. The van der Waals surface area contributed by atoms with Crippen molar-refractivity contribution >= 4 is 66.8 Å². The van der Waals surface area contributed by atoms with Crippen molar-refractivity contribution in [1.82, 2.24) is 0 Å². The molecule has 28 heavy (non-hydrogen) atoms. The van der Waals surface area contributed by atoms with E-state index >= 15 is 0 Å². The van der Waals surface area contributed by atoms with Crippen LogP contribution >= 0.6 is 34.7 Å². The molecule has 3 aromatic rings. The highest BCUT2D eigenvalue weighted by Gasteiger charge is 2.29. The van der Waals surface area contributed by atoms with Crippen LogP contribution in [0.3, 0.4) is 0 Å². The summed E-state index contributed by atoms with van der Waals surface area (Å²) in [6, 6.07) is 11.7. The minimum absolute atomic E-state index is 0.516. The minimum atomic E-state index is -4.21. The second kappa shape index (κ2) is 7.35. The van der Waals surface area contributed by atoms with E-state index < -0.39 is 16.0 Å². The average molecular weight is 454 g/mol. The molecule has 2 aromatic carbocycles. The minimum Gasteiger partial charge on any atom is -0.335 e. The van der Waals surface area contributed by atoms with Gasteiger partial charge in [0, 0.05) is 22.5 Å². The number of aryl methyl sites for hydroxylation is 1. The zero-order valence-corrected chi connectivity index (χ0v) is 18.4. The van der Waals surface area contributed by atoms with Gasteiger partial charge in [0.15, 0.2) is 0 Å². The van der Waals surface area contributed by atoms with Gasteiger partial charge in [0.25, 0.3) is 10.9 Å². The van der Waals surface area contributed by atoms with Gasteiger partial charge in [-0.05, 0) is 43.7 Å². The first-order valence-corrected chi connectivity index (χ1v) is 12.2. The Bertz CT molecular complexity index is 1220. The lowest BCUT2D eigenvalue weighted by Gasteiger charge is -2.17. The maximum absolute atomic E-state index is 11.6. The van der Waals surface area contributed by atoms with Gasteiger partial charge in [-0.1, -0.05) is 40.8 Å². The molecule has 1 aromatic heterocycles. The maximum Gasteiger partial charge on any atom is 0.326 e. The second-order valence-corrected chi connectivity index (χ2v) is 10.5. The van der Waals surface area contributed by atoms with Gasteiger partial charge < -0.3 is 4.90 Å². The number of halogens is 1. The van der Waals surface area contributed by atoms with Crippen molar-refractivity contribution in [2.24, 2.45) is 0 Å². The van der Waals surface area contributed by atoms with Gasteiger partial charge in [0.05, 0.1) is 16.8 Å². The molecule has 9 heteroatoms. The molecule has 0 aliphatic carbocycles. The highest BCUT2D eigenvalue weighted by atomic mass is 35.5. The molecule has 1 aliphatic rings. The Hall–Kier alpha value is -1.58. The van der Waals surface area contributed by atoms with Crippen LogP contribution in [0, 0.1) is 6.92 Å². The fourth-order valence-electron chi connectivity index (χ4n) is 3.23. The number of hydrogen-bond donors (Lipinski definition) is 1. The molecule has 0 fully saturated rings. The largest absolute Gasteiger partial charge is 0.335 e. The Balaban J connectivity index is 1.86. The first-order valence-electron chi connectivity index (χ1n) is 8.60. The summed E-state index contributed by atoms with van der Waals surface area (Å²) in [7, 11) is -4.21. The highest BCUT2D eigenvalue weighted by Crippen LogP contribution is 2.47. The molecule has 0 atom stereocenters. The molecular weight excluding hydrogens is 436 g/mol. The number of thiazole rings is 1. The zero-order chi connectivity index (χ0) is 20.1. The molecule has 0 amide bonds. The summed E-state index contributed by atoms with van der Waals surface area (Å²) in [5.74, 6) is -0.519. The topological polar surface area (TPSA) is 61.5 Å². The van der Waals surface area contributed by atoms with E-state index in [4.69, 9.17) is 11.6 Å². The number of nitrogens with zero attached hydrogens (tertiary/aromatic N) is 2. The second-order valence-electron chi connectivity index (χ2n) is 6.49. The molecule has 0 unspecified atom stereocenters. The Kier molecular flexibility index (Phi) is 5.18. The van der Waals surface area contributed by atoms with Crippen molar-refractivity contribution in [2.45, 2.75) is 24.6 Å². The van der Waals surface area contributed by atoms with Gasteiger partial charge in [-0.2, -0.15) is 13.0 Å². The van der Waals surface area contributed by atoms with E-state index in [0.717, 1.165) is 27.0 Å². The number of rotatable bonds is 4. The van der Waals surface area contributed by atoms with Crippen molar-refractivity contribution in [1.29, 1.82) is 0 Å². The molecule has 0 bridgehead atoms. The van der Waals surface area contributed by atoms with Crippen LogP contribution in [0.4, 0.5) is 5.69 Å². The summed E-state index contributed by atoms with van der Waals surface area (Å²) >= 11 is 9.24. The molecule has 1 aliphatic heterocycles.